The van der Waals surface area contributed by atoms with Crippen LogP contribution in [0.1, 0.15) is 20.3 Å². The maximum atomic E-state index is 4.03. The van der Waals surface area contributed by atoms with Crippen LogP contribution in [-0.2, 0) is 7.05 Å². The van der Waals surface area contributed by atoms with Gasteiger partial charge < -0.3 is 4.57 Å². The van der Waals surface area contributed by atoms with Gasteiger partial charge in [0.15, 0.2) is 0 Å². The van der Waals surface area contributed by atoms with Gasteiger partial charge in [-0.3, -0.25) is 0 Å². The van der Waals surface area contributed by atoms with E-state index < -0.39 is 0 Å². The molecule has 0 amide bonds. The second-order valence-corrected chi connectivity index (χ2v) is 4.04. The van der Waals surface area contributed by atoms with E-state index in [0.29, 0.717) is 0 Å². The Morgan fingerprint density at radius 2 is 2.21 bits per heavy atom. The summed E-state index contributed by atoms with van der Waals surface area (Å²) in [6.07, 6.45) is 7.33. The predicted molar refractivity (Wildman–Crippen MR) is 63.2 cm³/mol. The largest absolute Gasteiger partial charge is 0.351 e. The number of aromatic nitrogens is 1. The Hall–Kier alpha value is -1.24. The summed E-state index contributed by atoms with van der Waals surface area (Å²) < 4.78 is 2.03. The molecular formula is C13H19N. The molecule has 0 radical (unpaired) electrons. The normalized spacial score (nSPS) is 16.6. The molecule has 0 spiro atoms. The Morgan fingerprint density at radius 1 is 1.57 bits per heavy atom. The molecule has 1 aromatic heterocycles. The second kappa shape index (κ2) is 3.87. The van der Waals surface area contributed by atoms with E-state index in [1.54, 1.807) is 0 Å². The van der Waals surface area contributed by atoms with Crippen molar-refractivity contribution in [1.82, 2.24) is 4.57 Å². The van der Waals surface area contributed by atoms with Gasteiger partial charge in [0.05, 0.1) is 0 Å². The van der Waals surface area contributed by atoms with Gasteiger partial charge in [0.25, 0.3) is 0 Å². The minimum atomic E-state index is 0.0772. The topological polar surface area (TPSA) is 4.93 Å². The summed E-state index contributed by atoms with van der Waals surface area (Å²) >= 11 is 0. The van der Waals surface area contributed by atoms with Crippen molar-refractivity contribution in [3.05, 3.63) is 35.5 Å². The maximum absolute atomic E-state index is 4.03. The highest BCUT2D eigenvalue weighted by Crippen LogP contribution is 2.23. The lowest BCUT2D eigenvalue weighted by Crippen LogP contribution is -2.28. The molecule has 0 aliphatic heterocycles. The Morgan fingerprint density at radius 3 is 2.57 bits per heavy atom. The molecule has 1 unspecified atom stereocenters. The summed E-state index contributed by atoms with van der Waals surface area (Å²) in [4.78, 5) is 0. The number of nitrogens with zero attached hydrogens (tertiary/aromatic N) is 1. The van der Waals surface area contributed by atoms with Gasteiger partial charge in [-0.25, -0.2) is 0 Å². The van der Waals surface area contributed by atoms with Crippen LogP contribution in [-0.4, -0.2) is 4.57 Å². The summed E-state index contributed by atoms with van der Waals surface area (Å²) in [5, 5.41) is 2.27. The summed E-state index contributed by atoms with van der Waals surface area (Å²) in [7, 11) is 2.01. The van der Waals surface area contributed by atoms with E-state index in [2.05, 4.69) is 39.1 Å². The molecule has 0 fully saturated rings. The second-order valence-electron chi connectivity index (χ2n) is 4.04. The van der Waals surface area contributed by atoms with Crippen molar-refractivity contribution in [2.24, 2.45) is 12.5 Å². The molecular weight excluding hydrogens is 170 g/mol. The van der Waals surface area contributed by atoms with Crippen molar-refractivity contribution in [3.8, 4) is 0 Å². The van der Waals surface area contributed by atoms with Crippen molar-refractivity contribution in [2.45, 2.75) is 20.3 Å². The lowest BCUT2D eigenvalue weighted by molar-refractivity contribution is 0.567. The molecule has 0 aliphatic carbocycles. The number of rotatable bonds is 3. The molecule has 1 rings (SSSR count). The first-order valence-electron chi connectivity index (χ1n) is 4.99. The molecule has 0 aliphatic rings. The van der Waals surface area contributed by atoms with Crippen LogP contribution in [0, 0.1) is 5.41 Å². The highest BCUT2D eigenvalue weighted by Gasteiger charge is 2.13. The van der Waals surface area contributed by atoms with E-state index >= 15 is 0 Å². The number of hydrogen-bond acceptors (Lipinski definition) is 0. The smallest absolute Gasteiger partial charge is 0.0401 e. The average molecular weight is 189 g/mol. The molecule has 1 atom stereocenters. The molecule has 1 heterocycles. The SMILES string of the molecule is C=CC(C)(/C=c1/ccn(C)c1=C)CC. The van der Waals surface area contributed by atoms with Gasteiger partial charge in [0, 0.05) is 24.0 Å². The quantitative estimate of drug-likeness (QED) is 0.639. The molecule has 1 nitrogen and oxygen atoms in total. The minimum Gasteiger partial charge on any atom is -0.351 e. The molecule has 14 heavy (non-hydrogen) atoms. The zero-order valence-corrected chi connectivity index (χ0v) is 9.38. The molecule has 0 aromatic carbocycles. The Labute approximate surface area is 86.1 Å². The third-order valence-corrected chi connectivity index (χ3v) is 2.95. The fraction of sp³-hybridized carbons (Fsp3) is 0.385. The molecule has 76 valence electrons. The van der Waals surface area contributed by atoms with Gasteiger partial charge >= 0.3 is 0 Å². The van der Waals surface area contributed by atoms with Crippen molar-refractivity contribution >= 4 is 12.7 Å². The number of aryl methyl sites for hydroxylation is 1. The van der Waals surface area contributed by atoms with Crippen LogP contribution in [0.25, 0.3) is 12.7 Å². The summed E-state index contributed by atoms with van der Waals surface area (Å²) in [6.45, 7) is 12.3. The van der Waals surface area contributed by atoms with Crippen LogP contribution in [0.2, 0.25) is 0 Å². The van der Waals surface area contributed by atoms with Gasteiger partial charge in [-0.05, 0) is 17.7 Å². The van der Waals surface area contributed by atoms with Crippen LogP contribution in [0.15, 0.2) is 24.9 Å². The van der Waals surface area contributed by atoms with Crippen LogP contribution in [0.3, 0.4) is 0 Å². The summed E-state index contributed by atoms with van der Waals surface area (Å²) in [6, 6.07) is 2.10. The molecule has 0 N–H and O–H groups in total. The van der Waals surface area contributed by atoms with E-state index in [9.17, 15) is 0 Å². The van der Waals surface area contributed by atoms with Crippen molar-refractivity contribution < 1.29 is 0 Å². The summed E-state index contributed by atoms with van der Waals surface area (Å²) in [5.41, 5.74) is 0.0772. The lowest BCUT2D eigenvalue weighted by atomic mass is 9.87. The monoisotopic (exact) mass is 189 g/mol. The zero-order valence-electron chi connectivity index (χ0n) is 9.38. The first-order valence-corrected chi connectivity index (χ1v) is 4.99. The Bertz CT molecular complexity index is 425. The molecule has 1 heteroatoms. The van der Waals surface area contributed by atoms with Gasteiger partial charge in [-0.1, -0.05) is 32.6 Å². The third kappa shape index (κ3) is 1.98. The first-order chi connectivity index (χ1) is 6.52. The van der Waals surface area contributed by atoms with E-state index in [1.165, 1.54) is 5.22 Å². The standard InChI is InChI=1S/C13H19N/c1-6-13(4,7-2)10-12-8-9-14(5)11(12)3/h6,8-10H,1,3,7H2,2,4-5H3/b12-10-. The van der Waals surface area contributed by atoms with Crippen molar-refractivity contribution in [1.29, 1.82) is 0 Å². The average Bonchev–Trinajstić information content (AvgIpc) is 2.49. The summed E-state index contributed by atoms with van der Waals surface area (Å²) in [5.74, 6) is 0. The maximum Gasteiger partial charge on any atom is 0.0401 e. The zero-order chi connectivity index (χ0) is 10.8. The Kier molecular flexibility index (Phi) is 3.00. The molecule has 0 saturated carbocycles. The fourth-order valence-electron chi connectivity index (χ4n) is 1.37. The van der Waals surface area contributed by atoms with Crippen LogP contribution in [0.5, 0.6) is 0 Å². The van der Waals surface area contributed by atoms with Crippen molar-refractivity contribution in [2.75, 3.05) is 0 Å². The first kappa shape index (κ1) is 10.8. The van der Waals surface area contributed by atoms with E-state index in [1.807, 2.05) is 23.9 Å². The van der Waals surface area contributed by atoms with E-state index in [0.717, 1.165) is 11.8 Å². The molecule has 1 aromatic rings. The minimum absolute atomic E-state index is 0.0772. The lowest BCUT2D eigenvalue weighted by Gasteiger charge is -2.18. The van der Waals surface area contributed by atoms with Gasteiger partial charge in [-0.15, -0.1) is 6.58 Å². The highest BCUT2D eigenvalue weighted by molar-refractivity contribution is 5.36. The predicted octanol–water partition coefficient (Wildman–Crippen LogP) is 1.82. The van der Waals surface area contributed by atoms with Crippen LogP contribution in [0.4, 0.5) is 0 Å². The van der Waals surface area contributed by atoms with Gasteiger partial charge in [0.1, 0.15) is 0 Å². The third-order valence-electron chi connectivity index (χ3n) is 2.95. The number of hydrogen-bond donors (Lipinski definition) is 0. The van der Waals surface area contributed by atoms with E-state index in [4.69, 9.17) is 0 Å². The highest BCUT2D eigenvalue weighted by atomic mass is 14.9. The van der Waals surface area contributed by atoms with Gasteiger partial charge in [-0.2, -0.15) is 0 Å². The number of allylic oxidation sites excluding steroid dienone is 1. The molecule has 0 bridgehead atoms. The fourth-order valence-corrected chi connectivity index (χ4v) is 1.37. The van der Waals surface area contributed by atoms with Crippen LogP contribution >= 0.6 is 0 Å². The molecule has 0 saturated heterocycles. The van der Waals surface area contributed by atoms with Gasteiger partial charge in [0.2, 0.25) is 0 Å². The van der Waals surface area contributed by atoms with E-state index in [-0.39, 0.29) is 5.41 Å². The Balaban J connectivity index is 3.29. The van der Waals surface area contributed by atoms with Crippen molar-refractivity contribution in [3.63, 3.8) is 0 Å². The van der Waals surface area contributed by atoms with Crippen LogP contribution < -0.4 is 10.6 Å².